The Labute approximate surface area is 129 Å². The number of halogens is 3. The second-order valence-electron chi connectivity index (χ2n) is 4.79. The van der Waals surface area contributed by atoms with Crippen LogP contribution in [0.25, 0.3) is 10.1 Å². The van der Waals surface area contributed by atoms with Crippen LogP contribution in [0.4, 0.5) is 8.78 Å². The van der Waals surface area contributed by atoms with Crippen LogP contribution in [0, 0.1) is 11.6 Å². The van der Waals surface area contributed by atoms with E-state index in [0.29, 0.717) is 10.6 Å². The lowest BCUT2D eigenvalue weighted by Gasteiger charge is -2.10. The maximum Gasteiger partial charge on any atom is 0.124 e. The highest BCUT2D eigenvalue weighted by molar-refractivity contribution is 7.19. The van der Waals surface area contributed by atoms with E-state index in [0.717, 1.165) is 15.0 Å². The Balaban J connectivity index is 1.87. The van der Waals surface area contributed by atoms with Crippen molar-refractivity contribution in [2.24, 2.45) is 0 Å². The van der Waals surface area contributed by atoms with Crippen molar-refractivity contribution in [2.45, 2.75) is 12.5 Å². The summed E-state index contributed by atoms with van der Waals surface area (Å²) in [6.45, 7) is 0. The summed E-state index contributed by atoms with van der Waals surface area (Å²) in [6, 6.07) is 10.5. The molecule has 1 heterocycles. The van der Waals surface area contributed by atoms with Crippen LogP contribution in [0.1, 0.15) is 16.5 Å². The smallest absolute Gasteiger partial charge is 0.124 e. The molecule has 1 N–H and O–H groups in total. The summed E-state index contributed by atoms with van der Waals surface area (Å²) in [5.41, 5.74) is 0.675. The molecule has 3 rings (SSSR count). The predicted octanol–water partition coefficient (Wildman–Crippen LogP) is 5.11. The van der Waals surface area contributed by atoms with E-state index >= 15 is 0 Å². The van der Waals surface area contributed by atoms with Gasteiger partial charge in [-0.25, -0.2) is 8.78 Å². The first-order valence-electron chi connectivity index (χ1n) is 6.34. The second-order valence-corrected chi connectivity index (χ2v) is 6.31. The molecule has 1 aromatic heterocycles. The Hall–Kier alpha value is -1.49. The number of aliphatic hydroxyl groups excluding tert-OH is 1. The van der Waals surface area contributed by atoms with Crippen LogP contribution in [0.2, 0.25) is 5.02 Å². The number of aliphatic hydroxyl groups is 1. The summed E-state index contributed by atoms with van der Waals surface area (Å²) in [4.78, 5) is 0.732. The fraction of sp³-hybridized carbons (Fsp3) is 0.125. The lowest BCUT2D eigenvalue weighted by molar-refractivity contribution is 0.182. The standard InChI is InChI=1S/C16H11ClF2OS/c17-13-7-11(18)3-1-9(13)5-14(20)16-6-10-2-4-12(19)8-15(10)21-16/h1-4,6-8,14,20H,5H2. The molecule has 0 aliphatic rings. The number of hydrogen-bond donors (Lipinski definition) is 1. The lowest BCUT2D eigenvalue weighted by Crippen LogP contribution is -2.00. The molecule has 0 saturated heterocycles. The summed E-state index contributed by atoms with van der Waals surface area (Å²) in [6.07, 6.45) is -0.470. The van der Waals surface area contributed by atoms with Crippen LogP contribution < -0.4 is 0 Å². The first-order valence-corrected chi connectivity index (χ1v) is 7.53. The summed E-state index contributed by atoms with van der Waals surface area (Å²) in [7, 11) is 0. The van der Waals surface area contributed by atoms with Crippen molar-refractivity contribution in [1.29, 1.82) is 0 Å². The highest BCUT2D eigenvalue weighted by Gasteiger charge is 2.14. The molecule has 0 aliphatic heterocycles. The third kappa shape index (κ3) is 3.07. The van der Waals surface area contributed by atoms with Crippen LogP contribution in [0.15, 0.2) is 42.5 Å². The van der Waals surface area contributed by atoms with Gasteiger partial charge in [0.25, 0.3) is 0 Å². The van der Waals surface area contributed by atoms with Gasteiger partial charge in [0, 0.05) is 21.0 Å². The minimum Gasteiger partial charge on any atom is -0.387 e. The Morgan fingerprint density at radius 3 is 2.52 bits per heavy atom. The fourth-order valence-electron chi connectivity index (χ4n) is 2.19. The number of fused-ring (bicyclic) bond motifs is 1. The molecular formula is C16H11ClF2OS. The van der Waals surface area contributed by atoms with Crippen molar-refractivity contribution in [3.05, 3.63) is 69.6 Å². The van der Waals surface area contributed by atoms with Crippen LogP contribution in [-0.2, 0) is 6.42 Å². The predicted molar refractivity (Wildman–Crippen MR) is 81.9 cm³/mol. The van der Waals surface area contributed by atoms with E-state index in [1.165, 1.54) is 35.6 Å². The lowest BCUT2D eigenvalue weighted by atomic mass is 10.1. The van der Waals surface area contributed by atoms with Gasteiger partial charge in [-0.15, -0.1) is 11.3 Å². The van der Waals surface area contributed by atoms with Gasteiger partial charge in [0.15, 0.2) is 0 Å². The van der Waals surface area contributed by atoms with Crippen molar-refractivity contribution in [3.8, 4) is 0 Å². The van der Waals surface area contributed by atoms with Crippen molar-refractivity contribution >= 4 is 33.0 Å². The van der Waals surface area contributed by atoms with Crippen molar-refractivity contribution in [3.63, 3.8) is 0 Å². The van der Waals surface area contributed by atoms with Gasteiger partial charge in [-0.1, -0.05) is 23.7 Å². The number of rotatable bonds is 3. The molecule has 0 radical (unpaired) electrons. The number of hydrogen-bond acceptors (Lipinski definition) is 2. The highest BCUT2D eigenvalue weighted by atomic mass is 35.5. The molecule has 0 amide bonds. The quantitative estimate of drug-likeness (QED) is 0.710. The van der Waals surface area contributed by atoms with Gasteiger partial charge in [0.1, 0.15) is 11.6 Å². The van der Waals surface area contributed by atoms with Gasteiger partial charge < -0.3 is 5.11 Å². The second kappa shape index (κ2) is 5.72. The third-order valence-electron chi connectivity index (χ3n) is 3.26. The first-order chi connectivity index (χ1) is 10.0. The molecule has 21 heavy (non-hydrogen) atoms. The van der Waals surface area contributed by atoms with Gasteiger partial charge in [-0.05, 0) is 41.3 Å². The van der Waals surface area contributed by atoms with Crippen molar-refractivity contribution in [1.82, 2.24) is 0 Å². The average Bonchev–Trinajstić information content (AvgIpc) is 2.85. The zero-order chi connectivity index (χ0) is 15.0. The molecule has 0 bridgehead atoms. The Morgan fingerprint density at radius 1 is 1.05 bits per heavy atom. The highest BCUT2D eigenvalue weighted by Crippen LogP contribution is 2.33. The third-order valence-corrected chi connectivity index (χ3v) is 4.81. The van der Waals surface area contributed by atoms with Crippen molar-refractivity contribution in [2.75, 3.05) is 0 Å². The molecule has 0 fully saturated rings. The van der Waals surface area contributed by atoms with Crippen LogP contribution >= 0.6 is 22.9 Å². The fourth-order valence-corrected chi connectivity index (χ4v) is 3.51. The Kier molecular flexibility index (Phi) is 3.93. The number of thiophene rings is 1. The maximum absolute atomic E-state index is 13.2. The van der Waals surface area contributed by atoms with E-state index in [9.17, 15) is 13.9 Å². The largest absolute Gasteiger partial charge is 0.387 e. The molecular weight excluding hydrogens is 314 g/mol. The summed E-state index contributed by atoms with van der Waals surface area (Å²) in [5, 5.41) is 11.5. The Morgan fingerprint density at radius 2 is 1.76 bits per heavy atom. The normalized spacial score (nSPS) is 12.8. The molecule has 5 heteroatoms. The minimum atomic E-state index is -0.756. The van der Waals surface area contributed by atoms with Gasteiger partial charge in [0.05, 0.1) is 6.10 Å². The molecule has 3 aromatic rings. The Bertz CT molecular complexity index is 800. The SMILES string of the molecule is OC(Cc1ccc(F)cc1Cl)c1cc2ccc(F)cc2s1. The molecule has 1 atom stereocenters. The van der Waals surface area contributed by atoms with E-state index in [1.54, 1.807) is 12.1 Å². The first kappa shape index (κ1) is 14.4. The van der Waals surface area contributed by atoms with Crippen LogP contribution in [-0.4, -0.2) is 5.11 Å². The van der Waals surface area contributed by atoms with E-state index in [-0.39, 0.29) is 12.2 Å². The zero-order valence-electron chi connectivity index (χ0n) is 10.8. The van der Waals surface area contributed by atoms with E-state index < -0.39 is 11.9 Å². The maximum atomic E-state index is 13.2. The molecule has 0 spiro atoms. The van der Waals surface area contributed by atoms with Gasteiger partial charge in [-0.3, -0.25) is 0 Å². The molecule has 0 aliphatic carbocycles. The van der Waals surface area contributed by atoms with Crippen LogP contribution in [0.5, 0.6) is 0 Å². The van der Waals surface area contributed by atoms with Gasteiger partial charge in [0.2, 0.25) is 0 Å². The average molecular weight is 325 g/mol. The van der Waals surface area contributed by atoms with Crippen molar-refractivity contribution < 1.29 is 13.9 Å². The van der Waals surface area contributed by atoms with Gasteiger partial charge in [-0.2, -0.15) is 0 Å². The molecule has 1 unspecified atom stereocenters. The summed E-state index contributed by atoms with van der Waals surface area (Å²) < 4.78 is 27.0. The van der Waals surface area contributed by atoms with Crippen LogP contribution in [0.3, 0.4) is 0 Å². The monoisotopic (exact) mass is 324 g/mol. The number of benzene rings is 2. The zero-order valence-corrected chi connectivity index (χ0v) is 12.4. The van der Waals surface area contributed by atoms with E-state index in [1.807, 2.05) is 6.07 Å². The van der Waals surface area contributed by atoms with E-state index in [2.05, 4.69) is 0 Å². The minimum absolute atomic E-state index is 0.286. The van der Waals surface area contributed by atoms with E-state index in [4.69, 9.17) is 11.6 Å². The summed E-state index contributed by atoms with van der Waals surface area (Å²) >= 11 is 7.30. The van der Waals surface area contributed by atoms with Gasteiger partial charge >= 0.3 is 0 Å². The summed E-state index contributed by atoms with van der Waals surface area (Å²) in [5.74, 6) is -0.706. The molecule has 108 valence electrons. The molecule has 0 saturated carbocycles. The molecule has 1 nitrogen and oxygen atoms in total. The molecule has 2 aromatic carbocycles. The topological polar surface area (TPSA) is 20.2 Å².